The molecule has 0 aliphatic rings. The summed E-state index contributed by atoms with van der Waals surface area (Å²) in [7, 11) is 0. The minimum absolute atomic E-state index is 0.0367. The lowest BCUT2D eigenvalue weighted by Crippen LogP contribution is -2.08. The topological polar surface area (TPSA) is 75.1 Å². The van der Waals surface area contributed by atoms with Crippen LogP contribution in [-0.4, -0.2) is 21.0 Å². The Balaban J connectivity index is 2.14. The summed E-state index contributed by atoms with van der Waals surface area (Å²) < 4.78 is 0. The van der Waals surface area contributed by atoms with Crippen molar-refractivity contribution in [1.29, 1.82) is 0 Å². The maximum Gasteiger partial charge on any atom is 0.356 e. The lowest BCUT2D eigenvalue weighted by Gasteiger charge is -2.07. The lowest BCUT2D eigenvalue weighted by molar-refractivity contribution is 0.0691. The van der Waals surface area contributed by atoms with Gasteiger partial charge in [0.2, 0.25) is 0 Å². The number of aryl methyl sites for hydroxylation is 1. The number of rotatable bonds is 4. The van der Waals surface area contributed by atoms with Gasteiger partial charge in [0.15, 0.2) is 5.69 Å². The third kappa shape index (κ3) is 2.59. The first kappa shape index (κ1) is 11.5. The van der Waals surface area contributed by atoms with Gasteiger partial charge in [0, 0.05) is 11.1 Å². The molecule has 0 aliphatic heterocycles. The first-order valence-corrected chi connectivity index (χ1v) is 5.87. The number of hydrogen-bond donors (Lipinski definition) is 2. The third-order valence-electron chi connectivity index (χ3n) is 2.29. The molecule has 2 heterocycles. The summed E-state index contributed by atoms with van der Waals surface area (Å²) in [6.45, 7) is 2.48. The Morgan fingerprint density at radius 1 is 1.53 bits per heavy atom. The number of anilines is 1. The SMILES string of the molecule is Cc1ncsc1CNc1cccnc1C(=O)O. The molecule has 0 saturated carbocycles. The number of carbonyl (C=O) groups is 1. The minimum atomic E-state index is -1.03. The lowest BCUT2D eigenvalue weighted by atomic mass is 10.3. The van der Waals surface area contributed by atoms with Crippen LogP contribution in [0, 0.1) is 6.92 Å². The molecule has 0 spiro atoms. The predicted octanol–water partition coefficient (Wildman–Crippen LogP) is 2.16. The predicted molar refractivity (Wildman–Crippen MR) is 65.4 cm³/mol. The fraction of sp³-hybridized carbons (Fsp3) is 0.182. The molecule has 0 aromatic carbocycles. The molecule has 0 radical (unpaired) electrons. The van der Waals surface area contributed by atoms with Crippen LogP contribution < -0.4 is 5.32 Å². The van der Waals surface area contributed by atoms with Gasteiger partial charge in [0.25, 0.3) is 0 Å². The van der Waals surface area contributed by atoms with Gasteiger partial charge in [-0.05, 0) is 19.1 Å². The summed E-state index contributed by atoms with van der Waals surface area (Å²) in [4.78, 5) is 20.0. The number of nitrogens with one attached hydrogen (secondary N) is 1. The Morgan fingerprint density at radius 2 is 2.35 bits per heavy atom. The number of nitrogens with zero attached hydrogens (tertiary/aromatic N) is 2. The largest absolute Gasteiger partial charge is 0.476 e. The number of carboxylic acids is 1. The number of hydrogen-bond acceptors (Lipinski definition) is 5. The highest BCUT2D eigenvalue weighted by atomic mass is 32.1. The quantitative estimate of drug-likeness (QED) is 0.868. The average Bonchev–Trinajstić information content (AvgIpc) is 2.72. The van der Waals surface area contributed by atoms with Gasteiger partial charge in [-0.1, -0.05) is 0 Å². The highest BCUT2D eigenvalue weighted by Crippen LogP contribution is 2.17. The first-order chi connectivity index (χ1) is 8.18. The molecule has 88 valence electrons. The second kappa shape index (κ2) is 4.92. The van der Waals surface area contributed by atoms with Crippen LogP contribution in [0.5, 0.6) is 0 Å². The van der Waals surface area contributed by atoms with Crippen LogP contribution in [0.1, 0.15) is 21.1 Å². The van der Waals surface area contributed by atoms with Gasteiger partial charge in [-0.25, -0.2) is 14.8 Å². The molecular weight excluding hydrogens is 238 g/mol. The summed E-state index contributed by atoms with van der Waals surface area (Å²) in [6, 6.07) is 3.40. The van der Waals surface area contributed by atoms with Gasteiger partial charge >= 0.3 is 5.97 Å². The van der Waals surface area contributed by atoms with Crippen LogP contribution in [0.4, 0.5) is 5.69 Å². The van der Waals surface area contributed by atoms with Gasteiger partial charge < -0.3 is 10.4 Å². The Bertz CT molecular complexity index is 539. The molecule has 5 nitrogen and oxygen atoms in total. The molecule has 0 unspecified atom stereocenters. The van der Waals surface area contributed by atoms with Gasteiger partial charge in [-0.2, -0.15) is 0 Å². The molecule has 6 heteroatoms. The van der Waals surface area contributed by atoms with Crippen LogP contribution >= 0.6 is 11.3 Å². The van der Waals surface area contributed by atoms with Crippen molar-refractivity contribution < 1.29 is 9.90 Å². The third-order valence-corrected chi connectivity index (χ3v) is 3.23. The fourth-order valence-corrected chi connectivity index (χ4v) is 2.11. The van der Waals surface area contributed by atoms with E-state index < -0.39 is 5.97 Å². The van der Waals surface area contributed by atoms with Crippen LogP contribution in [0.3, 0.4) is 0 Å². The Morgan fingerprint density at radius 3 is 3.00 bits per heavy atom. The van der Waals surface area contributed by atoms with E-state index in [0.717, 1.165) is 10.6 Å². The summed E-state index contributed by atoms with van der Waals surface area (Å²) in [5, 5.41) is 12.0. The summed E-state index contributed by atoms with van der Waals surface area (Å²) in [6.07, 6.45) is 1.46. The first-order valence-electron chi connectivity index (χ1n) is 4.99. The average molecular weight is 249 g/mol. The Hall–Kier alpha value is -1.95. The Labute approximate surface area is 102 Å². The van der Waals surface area contributed by atoms with E-state index in [9.17, 15) is 4.79 Å². The molecule has 17 heavy (non-hydrogen) atoms. The normalized spacial score (nSPS) is 10.2. The number of carboxylic acid groups (broad SMARTS) is 1. The zero-order valence-electron chi connectivity index (χ0n) is 9.17. The summed E-state index contributed by atoms with van der Waals surface area (Å²) >= 11 is 1.54. The van der Waals surface area contributed by atoms with E-state index in [1.165, 1.54) is 6.20 Å². The van der Waals surface area contributed by atoms with E-state index >= 15 is 0 Å². The van der Waals surface area contributed by atoms with Crippen molar-refractivity contribution >= 4 is 23.0 Å². The van der Waals surface area contributed by atoms with E-state index in [0.29, 0.717) is 12.2 Å². The molecule has 0 amide bonds. The summed E-state index contributed by atoms with van der Waals surface area (Å²) in [5.74, 6) is -1.03. The molecule has 2 rings (SSSR count). The maximum absolute atomic E-state index is 10.9. The molecule has 0 saturated heterocycles. The highest BCUT2D eigenvalue weighted by molar-refractivity contribution is 7.09. The number of aromatic nitrogens is 2. The van der Waals surface area contributed by atoms with Crippen molar-refractivity contribution in [2.75, 3.05) is 5.32 Å². The second-order valence-corrected chi connectivity index (χ2v) is 4.36. The van der Waals surface area contributed by atoms with Crippen LogP contribution in [0.25, 0.3) is 0 Å². The van der Waals surface area contributed by atoms with Gasteiger partial charge in [0.05, 0.1) is 23.4 Å². The van der Waals surface area contributed by atoms with Crippen LogP contribution in [-0.2, 0) is 6.54 Å². The zero-order valence-corrected chi connectivity index (χ0v) is 9.99. The van der Waals surface area contributed by atoms with Crippen molar-refractivity contribution in [3.8, 4) is 0 Å². The molecule has 0 aliphatic carbocycles. The van der Waals surface area contributed by atoms with E-state index in [1.54, 1.807) is 29.0 Å². The van der Waals surface area contributed by atoms with Gasteiger partial charge in [-0.3, -0.25) is 0 Å². The zero-order chi connectivity index (χ0) is 12.3. The molecule has 0 atom stereocenters. The van der Waals surface area contributed by atoms with Crippen molar-refractivity contribution in [2.24, 2.45) is 0 Å². The number of thiazole rings is 1. The van der Waals surface area contributed by atoms with E-state index in [-0.39, 0.29) is 5.69 Å². The smallest absolute Gasteiger partial charge is 0.356 e. The fourth-order valence-electron chi connectivity index (χ4n) is 1.39. The van der Waals surface area contributed by atoms with Gasteiger partial charge in [-0.15, -0.1) is 11.3 Å². The van der Waals surface area contributed by atoms with E-state index in [4.69, 9.17) is 5.11 Å². The molecular formula is C11H11N3O2S. The van der Waals surface area contributed by atoms with Crippen LogP contribution in [0.15, 0.2) is 23.8 Å². The minimum Gasteiger partial charge on any atom is -0.476 e. The molecule has 2 aromatic heterocycles. The second-order valence-electron chi connectivity index (χ2n) is 3.42. The van der Waals surface area contributed by atoms with Gasteiger partial charge in [0.1, 0.15) is 0 Å². The molecule has 2 N–H and O–H groups in total. The van der Waals surface area contributed by atoms with E-state index in [2.05, 4.69) is 15.3 Å². The van der Waals surface area contributed by atoms with Crippen molar-refractivity contribution in [3.63, 3.8) is 0 Å². The molecule has 2 aromatic rings. The van der Waals surface area contributed by atoms with E-state index in [1.807, 2.05) is 6.92 Å². The van der Waals surface area contributed by atoms with Crippen LogP contribution in [0.2, 0.25) is 0 Å². The monoisotopic (exact) mass is 249 g/mol. The highest BCUT2D eigenvalue weighted by Gasteiger charge is 2.11. The number of aromatic carboxylic acids is 1. The van der Waals surface area contributed by atoms with Crippen molar-refractivity contribution in [1.82, 2.24) is 9.97 Å². The molecule has 0 bridgehead atoms. The maximum atomic E-state index is 10.9. The Kier molecular flexibility index (Phi) is 3.34. The van der Waals surface area contributed by atoms with Crippen molar-refractivity contribution in [3.05, 3.63) is 40.1 Å². The summed E-state index contributed by atoms with van der Waals surface area (Å²) in [5.41, 5.74) is 3.29. The van der Waals surface area contributed by atoms with Crippen molar-refractivity contribution in [2.45, 2.75) is 13.5 Å². The molecule has 0 fully saturated rings. The standard InChI is InChI=1S/C11H11N3O2S/c1-7-9(17-6-14-7)5-13-8-3-2-4-12-10(8)11(15)16/h2-4,6,13H,5H2,1H3,(H,15,16). The number of pyridine rings is 1.